The third-order valence-electron chi connectivity index (χ3n) is 4.73. The average molecular weight is 383 g/mol. The van der Waals surface area contributed by atoms with E-state index in [0.717, 1.165) is 55.3 Å². The van der Waals surface area contributed by atoms with Crippen LogP contribution >= 0.6 is 0 Å². The molecule has 28 heavy (non-hydrogen) atoms. The Balaban J connectivity index is 1.48. The van der Waals surface area contributed by atoms with Gasteiger partial charge in [-0.25, -0.2) is 0 Å². The number of para-hydroxylation sites is 1. The van der Waals surface area contributed by atoms with Gasteiger partial charge in [0.25, 0.3) is 0 Å². The highest BCUT2D eigenvalue weighted by Gasteiger charge is 2.11. The topological polar surface area (TPSA) is 69.3 Å². The van der Waals surface area contributed by atoms with E-state index in [1.807, 2.05) is 44.2 Å². The number of hydrogen-bond acceptors (Lipinski definition) is 5. The number of rotatable bonds is 8. The van der Waals surface area contributed by atoms with Crippen LogP contribution in [0.1, 0.15) is 22.3 Å². The first-order chi connectivity index (χ1) is 13.6. The Morgan fingerprint density at radius 2 is 1.79 bits per heavy atom. The molecule has 0 bridgehead atoms. The van der Waals surface area contributed by atoms with Crippen molar-refractivity contribution in [3.63, 3.8) is 0 Å². The molecule has 150 valence electrons. The molecule has 3 rings (SSSR count). The van der Waals surface area contributed by atoms with Gasteiger partial charge in [-0.15, -0.1) is 0 Å². The maximum absolute atomic E-state index is 6.09. The Morgan fingerprint density at radius 1 is 1.07 bits per heavy atom. The zero-order valence-corrected chi connectivity index (χ0v) is 16.7. The number of amidine groups is 1. The molecule has 1 aliphatic heterocycles. The van der Waals surface area contributed by atoms with E-state index in [1.165, 1.54) is 5.56 Å². The Hall–Kier alpha value is -2.57. The van der Waals surface area contributed by atoms with Crippen molar-refractivity contribution < 1.29 is 14.3 Å². The number of aryl methyl sites for hydroxylation is 2. The zero-order chi connectivity index (χ0) is 19.8. The summed E-state index contributed by atoms with van der Waals surface area (Å²) in [5.74, 6) is 1.27. The largest absolute Gasteiger partial charge is 0.489 e. The van der Waals surface area contributed by atoms with Crippen molar-refractivity contribution in [2.24, 2.45) is 10.9 Å². The molecule has 0 radical (unpaired) electrons. The number of benzene rings is 2. The van der Waals surface area contributed by atoms with Crippen LogP contribution in [0.4, 0.5) is 0 Å². The summed E-state index contributed by atoms with van der Waals surface area (Å²) in [5, 5.41) is 4.04. The molecule has 1 fully saturated rings. The number of hydrogen-bond donors (Lipinski definition) is 1. The maximum atomic E-state index is 6.09. The fourth-order valence-corrected chi connectivity index (χ4v) is 3.22. The number of nitrogens with zero attached hydrogens (tertiary/aromatic N) is 2. The minimum Gasteiger partial charge on any atom is -0.489 e. The third-order valence-corrected chi connectivity index (χ3v) is 4.73. The van der Waals surface area contributed by atoms with Crippen LogP contribution < -0.4 is 10.5 Å². The maximum Gasteiger partial charge on any atom is 0.170 e. The van der Waals surface area contributed by atoms with Crippen molar-refractivity contribution in [3.05, 3.63) is 64.7 Å². The van der Waals surface area contributed by atoms with E-state index >= 15 is 0 Å². The van der Waals surface area contributed by atoms with Gasteiger partial charge in [0, 0.05) is 25.2 Å². The van der Waals surface area contributed by atoms with E-state index in [-0.39, 0.29) is 0 Å². The molecule has 0 aromatic heterocycles. The molecule has 2 aromatic carbocycles. The standard InChI is InChI=1S/C22H29N3O3/c1-17-5-3-6-18(2)21(17)27-13-14-28-24-22(23)20-8-4-7-19(15-20)16-25-9-11-26-12-10-25/h3-8,15H,9-14,16H2,1-2H3,(H2,23,24). The van der Waals surface area contributed by atoms with Crippen LogP contribution in [-0.4, -0.2) is 50.3 Å². The summed E-state index contributed by atoms with van der Waals surface area (Å²) < 4.78 is 11.2. The van der Waals surface area contributed by atoms with E-state index in [9.17, 15) is 0 Å². The highest BCUT2D eigenvalue weighted by molar-refractivity contribution is 5.97. The van der Waals surface area contributed by atoms with Crippen molar-refractivity contribution in [2.45, 2.75) is 20.4 Å². The summed E-state index contributed by atoms with van der Waals surface area (Å²) in [6, 6.07) is 14.2. The number of oxime groups is 1. The van der Waals surface area contributed by atoms with Gasteiger partial charge in [0.15, 0.2) is 12.4 Å². The minimum atomic E-state index is 0.335. The van der Waals surface area contributed by atoms with Gasteiger partial charge in [-0.2, -0.15) is 0 Å². The predicted molar refractivity (Wildman–Crippen MR) is 111 cm³/mol. The van der Waals surface area contributed by atoms with Crippen molar-refractivity contribution in [1.82, 2.24) is 4.90 Å². The second kappa shape index (κ2) is 10.1. The molecule has 6 heteroatoms. The van der Waals surface area contributed by atoms with E-state index in [1.54, 1.807) is 0 Å². The molecule has 1 heterocycles. The summed E-state index contributed by atoms with van der Waals surface area (Å²) in [7, 11) is 0. The first-order valence-electron chi connectivity index (χ1n) is 9.67. The van der Waals surface area contributed by atoms with E-state index in [4.69, 9.17) is 20.0 Å². The van der Waals surface area contributed by atoms with Crippen LogP contribution in [0.15, 0.2) is 47.6 Å². The smallest absolute Gasteiger partial charge is 0.170 e. The van der Waals surface area contributed by atoms with Gasteiger partial charge in [-0.05, 0) is 36.6 Å². The molecule has 1 saturated heterocycles. The Labute approximate surface area is 166 Å². The zero-order valence-electron chi connectivity index (χ0n) is 16.7. The van der Waals surface area contributed by atoms with Crippen LogP contribution in [0.25, 0.3) is 0 Å². The van der Waals surface area contributed by atoms with Crippen LogP contribution in [0, 0.1) is 13.8 Å². The molecule has 0 atom stereocenters. The van der Waals surface area contributed by atoms with Crippen LogP contribution in [-0.2, 0) is 16.1 Å². The third kappa shape index (κ3) is 5.71. The lowest BCUT2D eigenvalue weighted by atomic mass is 10.1. The second-order valence-electron chi connectivity index (χ2n) is 6.97. The lowest BCUT2D eigenvalue weighted by Crippen LogP contribution is -2.35. The molecule has 0 aliphatic carbocycles. The van der Waals surface area contributed by atoms with E-state index in [0.29, 0.717) is 19.0 Å². The van der Waals surface area contributed by atoms with Crippen LogP contribution in [0.5, 0.6) is 5.75 Å². The Kier molecular flexibility index (Phi) is 7.28. The van der Waals surface area contributed by atoms with E-state index < -0.39 is 0 Å². The highest BCUT2D eigenvalue weighted by atomic mass is 16.6. The lowest BCUT2D eigenvalue weighted by Gasteiger charge is -2.26. The monoisotopic (exact) mass is 383 g/mol. The summed E-state index contributed by atoms with van der Waals surface area (Å²) in [4.78, 5) is 7.72. The van der Waals surface area contributed by atoms with Gasteiger partial charge in [0.2, 0.25) is 0 Å². The molecule has 0 unspecified atom stereocenters. The molecule has 0 spiro atoms. The SMILES string of the molecule is Cc1cccc(C)c1OCCO/N=C(\N)c1cccc(CN2CCOCC2)c1. The van der Waals surface area contributed by atoms with Gasteiger partial charge in [-0.1, -0.05) is 41.6 Å². The molecule has 0 saturated carbocycles. The molecule has 0 amide bonds. The number of morpholine rings is 1. The van der Waals surface area contributed by atoms with Gasteiger partial charge < -0.3 is 20.0 Å². The predicted octanol–water partition coefficient (Wildman–Crippen LogP) is 2.85. The van der Waals surface area contributed by atoms with E-state index in [2.05, 4.69) is 22.2 Å². The van der Waals surface area contributed by atoms with Crippen LogP contribution in [0.2, 0.25) is 0 Å². The molecule has 1 aliphatic rings. The first-order valence-corrected chi connectivity index (χ1v) is 9.67. The molecule has 2 aromatic rings. The molecular formula is C22H29N3O3. The fourth-order valence-electron chi connectivity index (χ4n) is 3.22. The van der Waals surface area contributed by atoms with Gasteiger partial charge in [0.05, 0.1) is 13.2 Å². The molecule has 6 nitrogen and oxygen atoms in total. The summed E-state index contributed by atoms with van der Waals surface area (Å²) >= 11 is 0. The van der Waals surface area contributed by atoms with Gasteiger partial charge >= 0.3 is 0 Å². The number of ether oxygens (including phenoxy) is 2. The van der Waals surface area contributed by atoms with Crippen molar-refractivity contribution in [2.75, 3.05) is 39.5 Å². The summed E-state index contributed by atoms with van der Waals surface area (Å²) in [6.45, 7) is 9.19. The molecule has 2 N–H and O–H groups in total. The molecular weight excluding hydrogens is 354 g/mol. The van der Waals surface area contributed by atoms with Gasteiger partial charge in [-0.3, -0.25) is 4.90 Å². The highest BCUT2D eigenvalue weighted by Crippen LogP contribution is 2.22. The first kappa shape index (κ1) is 20.2. The normalized spacial score (nSPS) is 15.4. The fraction of sp³-hybridized carbons (Fsp3) is 0.409. The summed E-state index contributed by atoms with van der Waals surface area (Å²) in [5.41, 5.74) is 10.4. The Morgan fingerprint density at radius 3 is 2.54 bits per heavy atom. The summed E-state index contributed by atoms with van der Waals surface area (Å²) in [6.07, 6.45) is 0. The van der Waals surface area contributed by atoms with Crippen molar-refractivity contribution in [3.8, 4) is 5.75 Å². The Bertz CT molecular complexity index is 781. The lowest BCUT2D eigenvalue weighted by molar-refractivity contribution is 0.0342. The van der Waals surface area contributed by atoms with Gasteiger partial charge in [0.1, 0.15) is 12.4 Å². The average Bonchev–Trinajstić information content (AvgIpc) is 2.70. The number of nitrogens with two attached hydrogens (primary N) is 1. The van der Waals surface area contributed by atoms with Crippen LogP contribution in [0.3, 0.4) is 0 Å². The van der Waals surface area contributed by atoms with Crippen molar-refractivity contribution in [1.29, 1.82) is 0 Å². The quantitative estimate of drug-likeness (QED) is 0.329. The second-order valence-corrected chi connectivity index (χ2v) is 6.97. The van der Waals surface area contributed by atoms with Crippen molar-refractivity contribution >= 4 is 5.84 Å². The minimum absolute atomic E-state index is 0.335.